The quantitative estimate of drug-likeness (QED) is 0.405. The molecule has 1 aromatic carbocycles. The minimum absolute atomic E-state index is 0.170. The van der Waals surface area contributed by atoms with Crippen LogP contribution in [0.4, 0.5) is 0 Å². The first-order chi connectivity index (χ1) is 14.6. The number of primary amides is 1. The van der Waals surface area contributed by atoms with Crippen molar-refractivity contribution in [1.29, 1.82) is 0 Å². The Morgan fingerprint density at radius 1 is 1.23 bits per heavy atom. The smallest absolute Gasteiger partial charge is 0.219 e. The van der Waals surface area contributed by atoms with Gasteiger partial charge >= 0.3 is 0 Å². The molecule has 9 nitrogen and oxygen atoms in total. The van der Waals surface area contributed by atoms with E-state index in [9.17, 15) is 4.79 Å². The van der Waals surface area contributed by atoms with Crippen LogP contribution in [0.3, 0.4) is 0 Å². The highest BCUT2D eigenvalue weighted by Crippen LogP contribution is 2.29. The molecular formula is C20H19N5O4S. The molecule has 0 aliphatic carbocycles. The van der Waals surface area contributed by atoms with E-state index in [1.165, 1.54) is 11.8 Å². The molecule has 154 valence electrons. The number of rotatable bonds is 9. The number of nitrogens with zero attached hydrogens (tertiary/aromatic N) is 4. The molecular weight excluding hydrogens is 406 g/mol. The third kappa shape index (κ3) is 4.38. The van der Waals surface area contributed by atoms with Gasteiger partial charge in [0.15, 0.2) is 16.7 Å². The standard InChI is InChI=1S/C20H19N5O4S/c1-27-14-6-4-13(5-7-14)16-11-15(29-24-16)12-30-20-23-22-19(17-3-2-10-28-17)25(20)9-8-18(21)26/h2-7,10-11H,8-9,12H2,1H3,(H2,21,26). The zero-order valence-electron chi connectivity index (χ0n) is 16.1. The van der Waals surface area contributed by atoms with Crippen molar-refractivity contribution >= 4 is 17.7 Å². The molecule has 0 bridgehead atoms. The van der Waals surface area contributed by atoms with Crippen LogP contribution in [-0.2, 0) is 17.1 Å². The third-order valence-electron chi connectivity index (χ3n) is 4.33. The van der Waals surface area contributed by atoms with E-state index in [4.69, 9.17) is 19.4 Å². The minimum Gasteiger partial charge on any atom is -0.497 e. The molecule has 1 amide bonds. The van der Waals surface area contributed by atoms with E-state index >= 15 is 0 Å². The van der Waals surface area contributed by atoms with Gasteiger partial charge in [-0.25, -0.2) is 0 Å². The molecule has 0 atom stereocenters. The van der Waals surface area contributed by atoms with Crippen molar-refractivity contribution in [3.05, 3.63) is 54.5 Å². The van der Waals surface area contributed by atoms with E-state index < -0.39 is 5.91 Å². The van der Waals surface area contributed by atoms with Gasteiger partial charge in [0.1, 0.15) is 17.2 Å². The van der Waals surface area contributed by atoms with Crippen LogP contribution in [0.25, 0.3) is 22.8 Å². The molecule has 0 unspecified atom stereocenters. The fourth-order valence-electron chi connectivity index (χ4n) is 2.82. The summed E-state index contributed by atoms with van der Waals surface area (Å²) in [6.07, 6.45) is 1.73. The van der Waals surface area contributed by atoms with Crippen molar-refractivity contribution in [3.8, 4) is 28.6 Å². The summed E-state index contributed by atoms with van der Waals surface area (Å²) >= 11 is 1.43. The predicted molar refractivity (Wildman–Crippen MR) is 110 cm³/mol. The molecule has 0 aliphatic heterocycles. The molecule has 0 saturated heterocycles. The van der Waals surface area contributed by atoms with Crippen molar-refractivity contribution < 1.29 is 18.5 Å². The Morgan fingerprint density at radius 2 is 2.07 bits per heavy atom. The fraction of sp³-hybridized carbons (Fsp3) is 0.200. The van der Waals surface area contributed by atoms with Crippen LogP contribution in [-0.4, -0.2) is 32.9 Å². The van der Waals surface area contributed by atoms with Crippen LogP contribution in [0.15, 0.2) is 62.8 Å². The number of aromatic nitrogens is 4. The van der Waals surface area contributed by atoms with Crippen molar-refractivity contribution in [1.82, 2.24) is 19.9 Å². The highest BCUT2D eigenvalue weighted by molar-refractivity contribution is 7.98. The second-order valence-corrected chi connectivity index (χ2v) is 7.29. The Bertz CT molecular complexity index is 1120. The summed E-state index contributed by atoms with van der Waals surface area (Å²) in [5, 5.41) is 13.2. The summed E-state index contributed by atoms with van der Waals surface area (Å²) in [5.41, 5.74) is 6.98. The van der Waals surface area contributed by atoms with E-state index in [-0.39, 0.29) is 6.42 Å². The largest absolute Gasteiger partial charge is 0.497 e. The van der Waals surface area contributed by atoms with Gasteiger partial charge in [-0.3, -0.25) is 9.36 Å². The molecule has 0 saturated carbocycles. The van der Waals surface area contributed by atoms with Crippen molar-refractivity contribution in [2.24, 2.45) is 5.73 Å². The van der Waals surface area contributed by atoms with E-state index in [1.807, 2.05) is 34.9 Å². The monoisotopic (exact) mass is 425 g/mol. The maximum Gasteiger partial charge on any atom is 0.219 e. The highest BCUT2D eigenvalue weighted by Gasteiger charge is 2.18. The Balaban J connectivity index is 1.49. The number of methoxy groups -OCH3 is 1. The van der Waals surface area contributed by atoms with E-state index in [0.717, 1.165) is 17.0 Å². The number of hydrogen-bond acceptors (Lipinski definition) is 8. The Kier molecular flexibility index (Phi) is 5.84. The first kappa shape index (κ1) is 19.8. The lowest BCUT2D eigenvalue weighted by Crippen LogP contribution is -2.15. The van der Waals surface area contributed by atoms with Crippen molar-refractivity contribution in [2.45, 2.75) is 23.9 Å². The predicted octanol–water partition coefficient (Wildman–Crippen LogP) is 3.37. The van der Waals surface area contributed by atoms with Gasteiger partial charge in [-0.1, -0.05) is 16.9 Å². The summed E-state index contributed by atoms with van der Waals surface area (Å²) in [7, 11) is 1.62. The first-order valence-corrected chi connectivity index (χ1v) is 10.1. The molecule has 30 heavy (non-hydrogen) atoms. The molecule has 0 fully saturated rings. The molecule has 3 aromatic heterocycles. The average molecular weight is 425 g/mol. The van der Waals surface area contributed by atoms with Crippen LogP contribution < -0.4 is 10.5 Å². The zero-order chi connectivity index (χ0) is 20.9. The zero-order valence-corrected chi connectivity index (χ0v) is 17.0. The Labute approximate surface area is 176 Å². The van der Waals surface area contributed by atoms with Crippen LogP contribution >= 0.6 is 11.8 Å². The van der Waals surface area contributed by atoms with Gasteiger partial charge in [0.2, 0.25) is 5.91 Å². The molecule has 10 heteroatoms. The topological polar surface area (TPSA) is 122 Å². The molecule has 4 aromatic rings. The molecule has 0 aliphatic rings. The van der Waals surface area contributed by atoms with Gasteiger partial charge in [-0.2, -0.15) is 0 Å². The number of hydrogen-bond donors (Lipinski definition) is 1. The van der Waals surface area contributed by atoms with Crippen LogP contribution in [0.2, 0.25) is 0 Å². The summed E-state index contributed by atoms with van der Waals surface area (Å²) in [6.45, 7) is 0.355. The number of nitrogens with two attached hydrogens (primary N) is 1. The fourth-order valence-corrected chi connectivity index (χ4v) is 3.66. The van der Waals surface area contributed by atoms with Gasteiger partial charge in [0, 0.05) is 24.6 Å². The Morgan fingerprint density at radius 3 is 2.77 bits per heavy atom. The lowest BCUT2D eigenvalue weighted by molar-refractivity contribution is -0.118. The number of benzene rings is 1. The normalized spacial score (nSPS) is 11.0. The molecule has 2 N–H and O–H groups in total. The second kappa shape index (κ2) is 8.87. The Hall–Kier alpha value is -3.53. The first-order valence-electron chi connectivity index (χ1n) is 9.12. The highest BCUT2D eigenvalue weighted by atomic mass is 32.2. The number of furan rings is 1. The second-order valence-electron chi connectivity index (χ2n) is 6.35. The van der Waals surface area contributed by atoms with E-state index in [2.05, 4.69) is 15.4 Å². The summed E-state index contributed by atoms with van der Waals surface area (Å²) < 4.78 is 17.9. The molecule has 0 radical (unpaired) electrons. The molecule has 4 rings (SSSR count). The number of carbonyl (C=O) groups excluding carboxylic acids is 1. The maximum absolute atomic E-state index is 11.3. The van der Waals surface area contributed by atoms with Crippen molar-refractivity contribution in [3.63, 3.8) is 0 Å². The number of carbonyl (C=O) groups is 1. The summed E-state index contributed by atoms with van der Waals surface area (Å²) in [4.78, 5) is 11.3. The van der Waals surface area contributed by atoms with Crippen molar-refractivity contribution in [2.75, 3.05) is 7.11 Å². The van der Waals surface area contributed by atoms with Gasteiger partial charge < -0.3 is 19.4 Å². The van der Waals surface area contributed by atoms with E-state index in [0.29, 0.717) is 34.8 Å². The summed E-state index contributed by atoms with van der Waals surface area (Å²) in [5.74, 6) is 2.68. The SMILES string of the molecule is COc1ccc(-c2cc(CSc3nnc(-c4ccco4)n3CCC(N)=O)on2)cc1. The minimum atomic E-state index is -0.399. The van der Waals surface area contributed by atoms with E-state index in [1.54, 1.807) is 25.5 Å². The lowest BCUT2D eigenvalue weighted by atomic mass is 10.1. The number of amides is 1. The summed E-state index contributed by atoms with van der Waals surface area (Å²) in [6, 6.07) is 13.0. The van der Waals surface area contributed by atoms with Gasteiger partial charge in [-0.05, 0) is 36.4 Å². The van der Waals surface area contributed by atoms with Gasteiger partial charge in [-0.15, -0.1) is 10.2 Å². The number of ether oxygens (including phenoxy) is 1. The lowest BCUT2D eigenvalue weighted by Gasteiger charge is -2.07. The molecule has 0 spiro atoms. The average Bonchev–Trinajstić information content (AvgIpc) is 3.51. The van der Waals surface area contributed by atoms with Gasteiger partial charge in [0.05, 0.1) is 19.1 Å². The van der Waals surface area contributed by atoms with Crippen LogP contribution in [0.1, 0.15) is 12.2 Å². The van der Waals surface area contributed by atoms with Crippen LogP contribution in [0.5, 0.6) is 5.75 Å². The third-order valence-corrected chi connectivity index (χ3v) is 5.32. The van der Waals surface area contributed by atoms with Gasteiger partial charge in [0.25, 0.3) is 0 Å². The van der Waals surface area contributed by atoms with Crippen LogP contribution in [0, 0.1) is 0 Å². The molecule has 3 heterocycles. The number of thioether (sulfide) groups is 1. The maximum atomic E-state index is 11.3.